The quantitative estimate of drug-likeness (QED) is 0.621. The molecule has 0 spiro atoms. The number of carbonyl (C=O) groups excluding carboxylic acids is 1. The van der Waals surface area contributed by atoms with E-state index in [0.29, 0.717) is 11.3 Å². The fourth-order valence-corrected chi connectivity index (χ4v) is 3.22. The molecule has 6 nitrogen and oxygen atoms in total. The summed E-state index contributed by atoms with van der Waals surface area (Å²) in [5.41, 5.74) is 0.629. The first-order valence-corrected chi connectivity index (χ1v) is 8.93. The monoisotopic (exact) mass is 374 g/mol. The summed E-state index contributed by atoms with van der Waals surface area (Å²) in [6, 6.07) is 6.12. The molecule has 2 heterocycles. The predicted molar refractivity (Wildman–Crippen MR) is 97.7 cm³/mol. The predicted octanol–water partition coefficient (Wildman–Crippen LogP) is 2.78. The second kappa shape index (κ2) is 7.67. The molecule has 0 saturated heterocycles. The van der Waals surface area contributed by atoms with Crippen LogP contribution in [0.1, 0.15) is 18.1 Å². The molecule has 0 radical (unpaired) electrons. The number of aliphatic hydroxyl groups is 1. The second-order valence-electron chi connectivity index (χ2n) is 6.08. The Bertz CT molecular complexity index is 863. The first-order valence-electron chi connectivity index (χ1n) is 7.99. The van der Waals surface area contributed by atoms with Crippen molar-refractivity contribution in [2.24, 2.45) is 0 Å². The van der Waals surface area contributed by atoms with Gasteiger partial charge in [-0.15, -0.1) is 0 Å². The van der Waals surface area contributed by atoms with Gasteiger partial charge < -0.3 is 20.3 Å². The maximum atomic E-state index is 14.2. The zero-order valence-electron chi connectivity index (χ0n) is 14.1. The van der Waals surface area contributed by atoms with Crippen LogP contribution in [0.4, 0.5) is 9.18 Å². The lowest BCUT2D eigenvalue weighted by Gasteiger charge is -2.22. The van der Waals surface area contributed by atoms with Crippen molar-refractivity contribution in [3.8, 4) is 5.69 Å². The Kier molecular flexibility index (Phi) is 5.34. The number of rotatable bonds is 6. The molecule has 1 aromatic carbocycles. The molecule has 0 aliphatic rings. The van der Waals surface area contributed by atoms with Crippen LogP contribution in [0.5, 0.6) is 0 Å². The van der Waals surface area contributed by atoms with Crippen LogP contribution in [0.15, 0.2) is 53.7 Å². The van der Waals surface area contributed by atoms with Crippen molar-refractivity contribution in [1.82, 2.24) is 20.2 Å². The normalized spacial score (nSPS) is 13.2. The van der Waals surface area contributed by atoms with E-state index in [9.17, 15) is 14.3 Å². The van der Waals surface area contributed by atoms with E-state index in [1.165, 1.54) is 23.7 Å². The third-order valence-corrected chi connectivity index (χ3v) is 4.67. The van der Waals surface area contributed by atoms with Gasteiger partial charge in [-0.05, 0) is 47.0 Å². The van der Waals surface area contributed by atoms with Crippen LogP contribution in [0.3, 0.4) is 0 Å². The summed E-state index contributed by atoms with van der Waals surface area (Å²) >= 11 is 1.48. The molecule has 8 heteroatoms. The highest BCUT2D eigenvalue weighted by Gasteiger charge is 2.24. The summed E-state index contributed by atoms with van der Waals surface area (Å²) in [7, 11) is 0. The third kappa shape index (κ3) is 4.27. The number of amides is 2. The van der Waals surface area contributed by atoms with Crippen molar-refractivity contribution in [3.05, 3.63) is 70.7 Å². The van der Waals surface area contributed by atoms with Gasteiger partial charge in [-0.1, -0.05) is 6.07 Å². The Morgan fingerprint density at radius 3 is 2.88 bits per heavy atom. The van der Waals surface area contributed by atoms with Gasteiger partial charge in [0.2, 0.25) is 0 Å². The van der Waals surface area contributed by atoms with Gasteiger partial charge in [0.1, 0.15) is 11.4 Å². The smallest absolute Gasteiger partial charge is 0.315 e. The number of nitrogens with one attached hydrogen (secondary N) is 2. The van der Waals surface area contributed by atoms with Crippen molar-refractivity contribution < 1.29 is 14.3 Å². The lowest BCUT2D eigenvalue weighted by molar-refractivity contribution is 0.0598. The number of aromatic nitrogens is 2. The molecule has 1 atom stereocenters. The minimum atomic E-state index is -1.14. The number of hydrogen-bond donors (Lipinski definition) is 3. The van der Waals surface area contributed by atoms with Crippen LogP contribution >= 0.6 is 11.3 Å². The minimum absolute atomic E-state index is 0.0729. The lowest BCUT2D eigenvalue weighted by atomic mass is 9.99. The van der Waals surface area contributed by atoms with Gasteiger partial charge >= 0.3 is 6.03 Å². The molecular weight excluding hydrogens is 355 g/mol. The van der Waals surface area contributed by atoms with Gasteiger partial charge in [-0.2, -0.15) is 11.3 Å². The maximum absolute atomic E-state index is 14.2. The maximum Gasteiger partial charge on any atom is 0.315 e. The molecule has 3 aromatic rings. The van der Waals surface area contributed by atoms with E-state index in [2.05, 4.69) is 15.6 Å². The molecular formula is C18H19FN4O2S. The van der Waals surface area contributed by atoms with E-state index in [1.54, 1.807) is 36.0 Å². The molecule has 0 saturated carbocycles. The Balaban J connectivity index is 1.52. The van der Waals surface area contributed by atoms with Gasteiger partial charge in [0.15, 0.2) is 0 Å². The average molecular weight is 374 g/mol. The molecule has 26 heavy (non-hydrogen) atoms. The number of halogens is 1. The van der Waals surface area contributed by atoms with E-state index in [0.717, 1.165) is 5.56 Å². The van der Waals surface area contributed by atoms with Crippen LogP contribution in [0.25, 0.3) is 5.69 Å². The Morgan fingerprint density at radius 1 is 1.38 bits per heavy atom. The van der Waals surface area contributed by atoms with Crippen LogP contribution in [-0.4, -0.2) is 27.2 Å². The van der Waals surface area contributed by atoms with Gasteiger partial charge in [0.25, 0.3) is 0 Å². The highest BCUT2D eigenvalue weighted by molar-refractivity contribution is 7.08. The van der Waals surface area contributed by atoms with Crippen LogP contribution in [-0.2, 0) is 12.1 Å². The highest BCUT2D eigenvalue weighted by atomic mass is 32.1. The van der Waals surface area contributed by atoms with E-state index in [1.807, 2.05) is 16.8 Å². The third-order valence-electron chi connectivity index (χ3n) is 3.98. The number of nitrogens with zero attached hydrogens (tertiary/aromatic N) is 2. The number of hydrogen-bond acceptors (Lipinski definition) is 4. The zero-order chi connectivity index (χ0) is 18.6. The van der Waals surface area contributed by atoms with Gasteiger partial charge in [0.05, 0.1) is 18.6 Å². The fourth-order valence-electron chi connectivity index (χ4n) is 2.44. The van der Waals surface area contributed by atoms with Crippen molar-refractivity contribution in [3.63, 3.8) is 0 Å². The minimum Gasteiger partial charge on any atom is -0.384 e. The highest BCUT2D eigenvalue weighted by Crippen LogP contribution is 2.22. The number of carbonyl (C=O) groups is 1. The van der Waals surface area contributed by atoms with E-state index in [4.69, 9.17) is 0 Å². The van der Waals surface area contributed by atoms with E-state index in [-0.39, 0.29) is 13.1 Å². The number of urea groups is 1. The first-order chi connectivity index (χ1) is 12.5. The molecule has 0 fully saturated rings. The van der Waals surface area contributed by atoms with Gasteiger partial charge in [-0.25, -0.2) is 14.2 Å². The Labute approximate surface area is 154 Å². The lowest BCUT2D eigenvalue weighted by Crippen LogP contribution is -2.43. The summed E-state index contributed by atoms with van der Waals surface area (Å²) in [6.45, 7) is 1.89. The standard InChI is InChI=1S/C18H19FN4O2S/c1-18(25,14-4-7-26-10-14)11-22-17(24)21-9-13-2-3-16(15(19)8-13)23-6-5-20-12-23/h2-8,10,12,25H,9,11H2,1H3,(H2,21,22,24). The molecule has 2 aromatic heterocycles. The molecule has 2 amide bonds. The summed E-state index contributed by atoms with van der Waals surface area (Å²) < 4.78 is 15.8. The number of benzene rings is 1. The van der Waals surface area contributed by atoms with Gasteiger partial charge in [0, 0.05) is 18.9 Å². The van der Waals surface area contributed by atoms with Gasteiger partial charge in [-0.3, -0.25) is 0 Å². The fraction of sp³-hybridized carbons (Fsp3) is 0.222. The number of imidazole rings is 1. The summed E-state index contributed by atoms with van der Waals surface area (Å²) in [4.78, 5) is 15.8. The molecule has 1 unspecified atom stereocenters. The molecule has 0 aliphatic heterocycles. The Hall–Kier alpha value is -2.71. The summed E-state index contributed by atoms with van der Waals surface area (Å²) in [5, 5.41) is 19.4. The SMILES string of the molecule is CC(O)(CNC(=O)NCc1ccc(-n2ccnc2)c(F)c1)c1ccsc1. The molecule has 0 aliphatic carbocycles. The molecule has 136 valence electrons. The average Bonchev–Trinajstić information content (AvgIpc) is 3.31. The van der Waals surface area contributed by atoms with Crippen LogP contribution < -0.4 is 10.6 Å². The molecule has 3 rings (SSSR count). The summed E-state index contributed by atoms with van der Waals surface area (Å²) in [5.74, 6) is -0.400. The van der Waals surface area contributed by atoms with Crippen molar-refractivity contribution in [1.29, 1.82) is 0 Å². The van der Waals surface area contributed by atoms with Crippen molar-refractivity contribution in [2.75, 3.05) is 6.54 Å². The first kappa shape index (κ1) is 18.1. The zero-order valence-corrected chi connectivity index (χ0v) is 15.0. The Morgan fingerprint density at radius 2 is 2.23 bits per heavy atom. The van der Waals surface area contributed by atoms with E-state index >= 15 is 0 Å². The van der Waals surface area contributed by atoms with Crippen LogP contribution in [0, 0.1) is 5.82 Å². The largest absolute Gasteiger partial charge is 0.384 e. The molecule has 0 bridgehead atoms. The van der Waals surface area contributed by atoms with Crippen molar-refractivity contribution >= 4 is 17.4 Å². The molecule has 3 N–H and O–H groups in total. The second-order valence-corrected chi connectivity index (χ2v) is 6.86. The van der Waals surface area contributed by atoms with Crippen molar-refractivity contribution in [2.45, 2.75) is 19.1 Å². The number of thiophene rings is 1. The summed E-state index contributed by atoms with van der Waals surface area (Å²) in [6.07, 6.45) is 4.75. The van der Waals surface area contributed by atoms with Crippen LogP contribution in [0.2, 0.25) is 0 Å². The van der Waals surface area contributed by atoms with E-state index < -0.39 is 17.4 Å². The topological polar surface area (TPSA) is 79.2 Å².